The molecule has 0 unspecified atom stereocenters. The lowest BCUT2D eigenvalue weighted by molar-refractivity contribution is 0.102. The number of nitrogens with one attached hydrogen (secondary N) is 1. The summed E-state index contributed by atoms with van der Waals surface area (Å²) in [5.41, 5.74) is 2.04. The fourth-order valence-electron chi connectivity index (χ4n) is 2.51. The Bertz CT molecular complexity index is 922. The molecule has 0 aliphatic carbocycles. The van der Waals surface area contributed by atoms with E-state index in [1.165, 1.54) is 11.3 Å². The molecular formula is C20H20N2O4S. The molecule has 0 spiro atoms. The van der Waals surface area contributed by atoms with Crippen LogP contribution in [-0.4, -0.2) is 31.7 Å². The van der Waals surface area contributed by atoms with Crippen LogP contribution in [0.5, 0.6) is 17.2 Å². The average molecular weight is 384 g/mol. The van der Waals surface area contributed by atoms with Crippen LogP contribution < -0.4 is 19.5 Å². The third kappa shape index (κ3) is 4.38. The van der Waals surface area contributed by atoms with Gasteiger partial charge in [0.1, 0.15) is 17.2 Å². The van der Waals surface area contributed by atoms with Crippen LogP contribution in [0.25, 0.3) is 11.3 Å². The van der Waals surface area contributed by atoms with Crippen molar-refractivity contribution in [3.05, 3.63) is 53.4 Å². The number of rotatable bonds is 7. The average Bonchev–Trinajstić information content (AvgIpc) is 3.16. The second-order valence-corrected chi connectivity index (χ2v) is 6.37. The molecule has 0 saturated heterocycles. The number of anilines is 1. The van der Waals surface area contributed by atoms with Crippen molar-refractivity contribution in [1.29, 1.82) is 0 Å². The predicted octanol–water partition coefficient (Wildman–Crippen LogP) is 4.48. The first-order chi connectivity index (χ1) is 13.1. The van der Waals surface area contributed by atoms with E-state index in [-0.39, 0.29) is 5.91 Å². The summed E-state index contributed by atoms with van der Waals surface area (Å²) in [6.45, 7) is 2.50. The van der Waals surface area contributed by atoms with Crippen molar-refractivity contribution in [2.75, 3.05) is 26.1 Å². The zero-order chi connectivity index (χ0) is 19.2. The van der Waals surface area contributed by atoms with E-state index < -0.39 is 0 Å². The lowest BCUT2D eigenvalue weighted by Gasteiger charge is -2.08. The SMILES string of the molecule is CCOc1ccc(C(=O)Nc2nc(-c3cc(OC)ccc3OC)cs2)cc1. The molecule has 1 heterocycles. The molecular weight excluding hydrogens is 364 g/mol. The Morgan fingerprint density at radius 1 is 1.07 bits per heavy atom. The highest BCUT2D eigenvalue weighted by atomic mass is 32.1. The zero-order valence-electron chi connectivity index (χ0n) is 15.3. The van der Waals surface area contributed by atoms with Gasteiger partial charge >= 0.3 is 0 Å². The number of nitrogens with zero attached hydrogens (tertiary/aromatic N) is 1. The van der Waals surface area contributed by atoms with Gasteiger partial charge < -0.3 is 14.2 Å². The first kappa shape index (κ1) is 18.7. The minimum atomic E-state index is -0.225. The van der Waals surface area contributed by atoms with Crippen molar-refractivity contribution in [3.63, 3.8) is 0 Å². The number of carbonyl (C=O) groups is 1. The van der Waals surface area contributed by atoms with E-state index >= 15 is 0 Å². The van der Waals surface area contributed by atoms with Crippen LogP contribution in [-0.2, 0) is 0 Å². The molecule has 0 atom stereocenters. The molecule has 0 radical (unpaired) electrons. The molecule has 27 heavy (non-hydrogen) atoms. The number of carbonyl (C=O) groups excluding carboxylic acids is 1. The molecule has 0 bridgehead atoms. The van der Waals surface area contributed by atoms with E-state index in [1.54, 1.807) is 38.5 Å². The van der Waals surface area contributed by atoms with Crippen LogP contribution in [0, 0.1) is 0 Å². The summed E-state index contributed by atoms with van der Waals surface area (Å²) in [7, 11) is 3.21. The van der Waals surface area contributed by atoms with Gasteiger partial charge in [0.05, 0.1) is 26.5 Å². The second kappa shape index (κ2) is 8.55. The van der Waals surface area contributed by atoms with E-state index in [0.29, 0.717) is 34.5 Å². The summed E-state index contributed by atoms with van der Waals surface area (Å²) in [5, 5.41) is 5.20. The maximum atomic E-state index is 12.4. The Balaban J connectivity index is 1.77. The minimum Gasteiger partial charge on any atom is -0.497 e. The van der Waals surface area contributed by atoms with E-state index in [2.05, 4.69) is 10.3 Å². The topological polar surface area (TPSA) is 69.7 Å². The predicted molar refractivity (Wildman–Crippen MR) is 106 cm³/mol. The lowest BCUT2D eigenvalue weighted by atomic mass is 10.1. The summed E-state index contributed by atoms with van der Waals surface area (Å²) in [6.07, 6.45) is 0. The molecule has 140 valence electrons. The largest absolute Gasteiger partial charge is 0.497 e. The molecule has 3 rings (SSSR count). The Hall–Kier alpha value is -3.06. The Kier molecular flexibility index (Phi) is 5.93. The monoisotopic (exact) mass is 384 g/mol. The molecule has 3 aromatic rings. The van der Waals surface area contributed by atoms with Crippen LogP contribution >= 0.6 is 11.3 Å². The molecule has 1 aromatic heterocycles. The van der Waals surface area contributed by atoms with Crippen molar-refractivity contribution in [1.82, 2.24) is 4.98 Å². The molecule has 0 aliphatic heterocycles. The van der Waals surface area contributed by atoms with Gasteiger partial charge in [-0.15, -0.1) is 11.3 Å². The third-order valence-corrected chi connectivity index (χ3v) is 4.59. The number of thiazole rings is 1. The van der Waals surface area contributed by atoms with Crippen LogP contribution in [0.15, 0.2) is 47.8 Å². The molecule has 7 heteroatoms. The number of benzene rings is 2. The smallest absolute Gasteiger partial charge is 0.257 e. The van der Waals surface area contributed by atoms with Crippen molar-refractivity contribution in [2.45, 2.75) is 6.92 Å². The molecule has 6 nitrogen and oxygen atoms in total. The van der Waals surface area contributed by atoms with Crippen LogP contribution in [0.1, 0.15) is 17.3 Å². The lowest BCUT2D eigenvalue weighted by Crippen LogP contribution is -2.11. The molecule has 2 aromatic carbocycles. The quantitative estimate of drug-likeness (QED) is 0.650. The van der Waals surface area contributed by atoms with E-state index in [9.17, 15) is 4.79 Å². The maximum Gasteiger partial charge on any atom is 0.257 e. The van der Waals surface area contributed by atoms with Gasteiger partial charge in [0.15, 0.2) is 5.13 Å². The minimum absolute atomic E-state index is 0.225. The molecule has 1 amide bonds. The van der Waals surface area contributed by atoms with Crippen molar-refractivity contribution in [2.24, 2.45) is 0 Å². The fourth-order valence-corrected chi connectivity index (χ4v) is 3.21. The van der Waals surface area contributed by atoms with Gasteiger partial charge in [-0.2, -0.15) is 0 Å². The fraction of sp³-hybridized carbons (Fsp3) is 0.200. The van der Waals surface area contributed by atoms with Gasteiger partial charge in [-0.05, 0) is 49.4 Å². The number of methoxy groups -OCH3 is 2. The number of hydrogen-bond donors (Lipinski definition) is 1. The van der Waals surface area contributed by atoms with Gasteiger partial charge in [-0.25, -0.2) is 4.98 Å². The standard InChI is InChI=1S/C20H20N2O4S/c1-4-26-14-7-5-13(6-8-14)19(23)22-20-21-17(12-27-20)16-11-15(24-2)9-10-18(16)25-3/h5-12H,4H2,1-3H3,(H,21,22,23). The van der Waals surface area contributed by atoms with E-state index in [1.807, 2.05) is 30.5 Å². The summed E-state index contributed by atoms with van der Waals surface area (Å²) >= 11 is 1.35. The summed E-state index contributed by atoms with van der Waals surface area (Å²) in [4.78, 5) is 16.9. The Morgan fingerprint density at radius 3 is 2.48 bits per heavy atom. The normalized spacial score (nSPS) is 10.3. The van der Waals surface area contributed by atoms with Crippen molar-refractivity contribution in [3.8, 4) is 28.5 Å². The second-order valence-electron chi connectivity index (χ2n) is 5.52. The highest BCUT2D eigenvalue weighted by molar-refractivity contribution is 7.14. The van der Waals surface area contributed by atoms with Crippen molar-refractivity contribution < 1.29 is 19.0 Å². The van der Waals surface area contributed by atoms with Gasteiger partial charge in [-0.3, -0.25) is 10.1 Å². The highest BCUT2D eigenvalue weighted by Crippen LogP contribution is 2.35. The van der Waals surface area contributed by atoms with Crippen LogP contribution in [0.4, 0.5) is 5.13 Å². The van der Waals surface area contributed by atoms with Gasteiger partial charge in [0.25, 0.3) is 5.91 Å². The molecule has 0 aliphatic rings. The van der Waals surface area contributed by atoms with Crippen LogP contribution in [0.2, 0.25) is 0 Å². The first-order valence-electron chi connectivity index (χ1n) is 8.36. The van der Waals surface area contributed by atoms with Gasteiger partial charge in [0.2, 0.25) is 0 Å². The first-order valence-corrected chi connectivity index (χ1v) is 9.24. The Morgan fingerprint density at radius 2 is 1.81 bits per heavy atom. The molecule has 1 N–H and O–H groups in total. The van der Waals surface area contributed by atoms with E-state index in [4.69, 9.17) is 14.2 Å². The number of ether oxygens (including phenoxy) is 3. The van der Waals surface area contributed by atoms with Gasteiger partial charge in [-0.1, -0.05) is 0 Å². The number of aromatic nitrogens is 1. The maximum absolute atomic E-state index is 12.4. The molecule has 0 fully saturated rings. The van der Waals surface area contributed by atoms with Crippen molar-refractivity contribution >= 4 is 22.4 Å². The Labute approximate surface area is 161 Å². The number of amides is 1. The summed E-state index contributed by atoms with van der Waals surface area (Å²) < 4.78 is 16.1. The highest BCUT2D eigenvalue weighted by Gasteiger charge is 2.14. The summed E-state index contributed by atoms with van der Waals surface area (Å²) in [6, 6.07) is 12.5. The van der Waals surface area contributed by atoms with E-state index in [0.717, 1.165) is 11.3 Å². The molecule has 0 saturated carbocycles. The van der Waals surface area contributed by atoms with Gasteiger partial charge in [0, 0.05) is 16.5 Å². The zero-order valence-corrected chi connectivity index (χ0v) is 16.1. The summed E-state index contributed by atoms with van der Waals surface area (Å²) in [5.74, 6) is 1.90. The number of hydrogen-bond acceptors (Lipinski definition) is 6. The van der Waals surface area contributed by atoms with Crippen LogP contribution in [0.3, 0.4) is 0 Å². The third-order valence-electron chi connectivity index (χ3n) is 3.83.